The summed E-state index contributed by atoms with van der Waals surface area (Å²) in [5.74, 6) is 0. The van der Waals surface area contributed by atoms with Crippen LogP contribution in [0.5, 0.6) is 0 Å². The van der Waals surface area contributed by atoms with Crippen LogP contribution in [0.2, 0.25) is 5.02 Å². The quantitative estimate of drug-likeness (QED) is 0.862. The van der Waals surface area contributed by atoms with Crippen LogP contribution in [0.15, 0.2) is 24.3 Å². The Labute approximate surface area is 110 Å². The molecule has 1 aliphatic rings. The van der Waals surface area contributed by atoms with E-state index in [0.717, 1.165) is 12.8 Å². The lowest BCUT2D eigenvalue weighted by atomic mass is 10.1. The number of nitrogens with zero attached hydrogens (tertiary/aromatic N) is 1. The molecule has 2 rings (SSSR count). The molecule has 5 heteroatoms. The summed E-state index contributed by atoms with van der Waals surface area (Å²) in [5.41, 5.74) is 0.669. The van der Waals surface area contributed by atoms with E-state index in [9.17, 15) is 13.9 Å². The molecule has 1 fully saturated rings. The van der Waals surface area contributed by atoms with Gasteiger partial charge in [0.25, 0.3) is 6.43 Å². The Kier molecular flexibility index (Phi) is 4.54. The van der Waals surface area contributed by atoms with Crippen LogP contribution in [0.4, 0.5) is 8.78 Å². The first-order chi connectivity index (χ1) is 8.56. The van der Waals surface area contributed by atoms with Crippen LogP contribution >= 0.6 is 11.6 Å². The maximum Gasteiger partial charge on any atom is 0.251 e. The number of hydrogen-bond donors (Lipinski definition) is 1. The second-order valence-electron chi connectivity index (χ2n) is 4.65. The van der Waals surface area contributed by atoms with E-state index in [1.54, 1.807) is 29.2 Å². The second-order valence-corrected chi connectivity index (χ2v) is 5.08. The van der Waals surface area contributed by atoms with Crippen molar-refractivity contribution in [1.29, 1.82) is 0 Å². The van der Waals surface area contributed by atoms with E-state index in [4.69, 9.17) is 11.6 Å². The maximum atomic E-state index is 12.4. The highest BCUT2D eigenvalue weighted by Gasteiger charge is 2.32. The van der Waals surface area contributed by atoms with Crippen molar-refractivity contribution in [3.05, 3.63) is 34.9 Å². The van der Waals surface area contributed by atoms with E-state index in [1.165, 1.54) is 0 Å². The topological polar surface area (TPSA) is 23.5 Å². The number of hydrogen-bond acceptors (Lipinski definition) is 2. The lowest BCUT2D eigenvalue weighted by Crippen LogP contribution is -2.34. The van der Waals surface area contributed by atoms with Gasteiger partial charge in [-0.1, -0.05) is 23.7 Å². The van der Waals surface area contributed by atoms with Crippen molar-refractivity contribution in [2.24, 2.45) is 0 Å². The molecule has 0 aliphatic heterocycles. The zero-order chi connectivity index (χ0) is 13.1. The van der Waals surface area contributed by atoms with Gasteiger partial charge >= 0.3 is 0 Å². The largest absolute Gasteiger partial charge is 0.387 e. The summed E-state index contributed by atoms with van der Waals surface area (Å²) in [4.78, 5) is 1.66. The Morgan fingerprint density at radius 2 is 2.06 bits per heavy atom. The first-order valence-electron chi connectivity index (χ1n) is 6.02. The van der Waals surface area contributed by atoms with Crippen molar-refractivity contribution in [2.45, 2.75) is 31.4 Å². The van der Waals surface area contributed by atoms with Gasteiger partial charge in [0.05, 0.1) is 12.6 Å². The van der Waals surface area contributed by atoms with Gasteiger partial charge in [0, 0.05) is 17.6 Å². The molecule has 1 N–H and O–H groups in total. The standard InChI is InChI=1S/C13H16ClF2NO/c14-10-3-1-2-9(6-10)12(18)7-17(8-13(15)16)11-4-5-11/h1-3,6,11-13,18H,4-5,7-8H2. The summed E-state index contributed by atoms with van der Waals surface area (Å²) in [6.45, 7) is -0.0440. The van der Waals surface area contributed by atoms with E-state index in [0.29, 0.717) is 10.6 Å². The first-order valence-corrected chi connectivity index (χ1v) is 6.40. The van der Waals surface area contributed by atoms with E-state index >= 15 is 0 Å². The van der Waals surface area contributed by atoms with Crippen LogP contribution < -0.4 is 0 Å². The van der Waals surface area contributed by atoms with Crippen LogP contribution in [-0.2, 0) is 0 Å². The van der Waals surface area contributed by atoms with Crippen molar-refractivity contribution >= 4 is 11.6 Å². The van der Waals surface area contributed by atoms with Crippen LogP contribution in [-0.4, -0.2) is 35.6 Å². The smallest absolute Gasteiger partial charge is 0.251 e. The SMILES string of the molecule is OC(CN(CC(F)F)C1CC1)c1cccc(Cl)c1. The molecule has 0 amide bonds. The number of aliphatic hydroxyl groups excluding tert-OH is 1. The van der Waals surface area contributed by atoms with Crippen molar-refractivity contribution in [2.75, 3.05) is 13.1 Å². The van der Waals surface area contributed by atoms with E-state index in [-0.39, 0.29) is 19.1 Å². The average molecular weight is 276 g/mol. The third-order valence-electron chi connectivity index (χ3n) is 3.08. The Hall–Kier alpha value is -0.710. The maximum absolute atomic E-state index is 12.4. The minimum atomic E-state index is -2.36. The Balaban J connectivity index is 1.97. The Morgan fingerprint density at radius 1 is 1.33 bits per heavy atom. The van der Waals surface area contributed by atoms with Gasteiger partial charge in [-0.25, -0.2) is 8.78 Å². The number of alkyl halides is 2. The number of rotatable bonds is 6. The molecule has 0 spiro atoms. The van der Waals surface area contributed by atoms with Crippen LogP contribution in [0, 0.1) is 0 Å². The van der Waals surface area contributed by atoms with Crippen molar-refractivity contribution in [3.63, 3.8) is 0 Å². The molecule has 1 aromatic rings. The van der Waals surface area contributed by atoms with Gasteiger partial charge in [-0.15, -0.1) is 0 Å². The highest BCUT2D eigenvalue weighted by molar-refractivity contribution is 6.30. The minimum Gasteiger partial charge on any atom is -0.387 e. The molecule has 1 unspecified atom stereocenters. The Bertz CT molecular complexity index is 398. The molecule has 0 aromatic heterocycles. The van der Waals surface area contributed by atoms with Gasteiger partial charge in [-0.3, -0.25) is 4.90 Å². The molecule has 0 radical (unpaired) electrons. The monoisotopic (exact) mass is 275 g/mol. The minimum absolute atomic E-state index is 0.202. The molecular weight excluding hydrogens is 260 g/mol. The van der Waals surface area contributed by atoms with Crippen molar-refractivity contribution in [1.82, 2.24) is 4.90 Å². The van der Waals surface area contributed by atoms with Gasteiger partial charge in [-0.2, -0.15) is 0 Å². The zero-order valence-corrected chi connectivity index (χ0v) is 10.7. The average Bonchev–Trinajstić information content (AvgIpc) is 3.11. The number of aliphatic hydroxyl groups is 1. The van der Waals surface area contributed by atoms with E-state index in [1.807, 2.05) is 0 Å². The lowest BCUT2D eigenvalue weighted by Gasteiger charge is -2.24. The van der Waals surface area contributed by atoms with Crippen molar-refractivity contribution < 1.29 is 13.9 Å². The highest BCUT2D eigenvalue weighted by atomic mass is 35.5. The van der Waals surface area contributed by atoms with E-state index in [2.05, 4.69) is 0 Å². The summed E-state index contributed by atoms with van der Waals surface area (Å²) in [5, 5.41) is 10.6. The molecule has 1 aliphatic carbocycles. The van der Waals surface area contributed by atoms with Gasteiger partial charge < -0.3 is 5.11 Å². The Morgan fingerprint density at radius 3 is 2.61 bits per heavy atom. The van der Waals surface area contributed by atoms with E-state index < -0.39 is 12.5 Å². The molecular formula is C13H16ClF2NO. The molecule has 18 heavy (non-hydrogen) atoms. The fourth-order valence-electron chi connectivity index (χ4n) is 2.03. The van der Waals surface area contributed by atoms with Crippen LogP contribution in [0.3, 0.4) is 0 Å². The van der Waals surface area contributed by atoms with Gasteiger partial charge in [-0.05, 0) is 30.5 Å². The highest BCUT2D eigenvalue weighted by Crippen LogP contribution is 2.29. The summed E-state index contributed by atoms with van der Waals surface area (Å²) in [6.07, 6.45) is -1.26. The summed E-state index contributed by atoms with van der Waals surface area (Å²) in [6, 6.07) is 7.09. The fraction of sp³-hybridized carbons (Fsp3) is 0.538. The van der Waals surface area contributed by atoms with Crippen molar-refractivity contribution in [3.8, 4) is 0 Å². The van der Waals surface area contributed by atoms with Gasteiger partial charge in [0.1, 0.15) is 0 Å². The van der Waals surface area contributed by atoms with Crippen LogP contribution in [0.25, 0.3) is 0 Å². The molecule has 2 nitrogen and oxygen atoms in total. The first kappa shape index (κ1) is 13.7. The molecule has 1 aromatic carbocycles. The second kappa shape index (κ2) is 5.95. The predicted octanol–water partition coefficient (Wildman–Crippen LogP) is 3.10. The normalized spacial score (nSPS) is 17.4. The zero-order valence-electron chi connectivity index (χ0n) is 9.90. The number of benzene rings is 1. The molecule has 0 heterocycles. The summed E-state index contributed by atoms with van der Waals surface area (Å²) in [7, 11) is 0. The molecule has 1 atom stereocenters. The predicted molar refractivity (Wildman–Crippen MR) is 67.0 cm³/mol. The molecule has 1 saturated carbocycles. The van der Waals surface area contributed by atoms with Crippen LogP contribution in [0.1, 0.15) is 24.5 Å². The summed E-state index contributed by atoms with van der Waals surface area (Å²) >= 11 is 5.84. The number of halogens is 3. The van der Waals surface area contributed by atoms with Gasteiger partial charge in [0.15, 0.2) is 0 Å². The molecule has 0 saturated heterocycles. The summed E-state index contributed by atoms with van der Waals surface area (Å²) < 4.78 is 24.9. The fourth-order valence-corrected chi connectivity index (χ4v) is 2.23. The lowest BCUT2D eigenvalue weighted by molar-refractivity contribution is 0.0503. The molecule has 100 valence electrons. The van der Waals surface area contributed by atoms with Gasteiger partial charge in [0.2, 0.25) is 0 Å². The molecule has 0 bridgehead atoms. The third-order valence-corrected chi connectivity index (χ3v) is 3.31. The third kappa shape index (κ3) is 3.90.